The van der Waals surface area contributed by atoms with Crippen molar-refractivity contribution in [1.82, 2.24) is 19.7 Å². The average molecular weight is 318 g/mol. The number of nitrogens with zero attached hydrogens (tertiary/aromatic N) is 3. The zero-order valence-corrected chi connectivity index (χ0v) is 14.7. The molecule has 6 nitrogen and oxygen atoms in total. The van der Waals surface area contributed by atoms with Crippen LogP contribution in [0.5, 0.6) is 0 Å². The molecular formula is C17H26N4O2. The third-order valence-electron chi connectivity index (χ3n) is 4.09. The van der Waals surface area contributed by atoms with Crippen LogP contribution in [0.2, 0.25) is 0 Å². The molecule has 1 atom stereocenters. The largest absolute Gasteiger partial charge is 0.391 e. The van der Waals surface area contributed by atoms with E-state index in [-0.39, 0.29) is 17.9 Å². The van der Waals surface area contributed by atoms with Gasteiger partial charge in [-0.25, -0.2) is 0 Å². The Morgan fingerprint density at radius 3 is 2.39 bits per heavy atom. The molecule has 6 heteroatoms. The summed E-state index contributed by atoms with van der Waals surface area (Å²) < 4.78 is 3.69. The SMILES string of the molecule is Cc1ccc(C)n1-c1c(C(=O)NCC(O)C(C)(C)C)cnn1C. The molecule has 0 saturated carbocycles. The number of aryl methyl sites for hydroxylation is 3. The number of nitrogens with one attached hydrogen (secondary N) is 1. The van der Waals surface area contributed by atoms with Gasteiger partial charge in [0.05, 0.1) is 12.3 Å². The predicted molar refractivity (Wildman–Crippen MR) is 89.8 cm³/mol. The molecule has 2 heterocycles. The van der Waals surface area contributed by atoms with Crippen LogP contribution in [0.15, 0.2) is 18.3 Å². The second kappa shape index (κ2) is 6.20. The van der Waals surface area contributed by atoms with E-state index in [1.165, 1.54) is 0 Å². The van der Waals surface area contributed by atoms with E-state index in [2.05, 4.69) is 10.4 Å². The maximum atomic E-state index is 12.5. The number of aliphatic hydroxyl groups excluding tert-OH is 1. The van der Waals surface area contributed by atoms with Gasteiger partial charge in [-0.2, -0.15) is 5.10 Å². The van der Waals surface area contributed by atoms with Gasteiger partial charge in [0.15, 0.2) is 0 Å². The number of hydrogen-bond donors (Lipinski definition) is 2. The van der Waals surface area contributed by atoms with E-state index in [0.29, 0.717) is 5.56 Å². The normalized spacial score (nSPS) is 13.2. The summed E-state index contributed by atoms with van der Waals surface area (Å²) in [5, 5.41) is 17.1. The summed E-state index contributed by atoms with van der Waals surface area (Å²) in [6.07, 6.45) is 0.953. The Morgan fingerprint density at radius 1 is 1.30 bits per heavy atom. The number of amides is 1. The molecule has 2 N–H and O–H groups in total. The first-order valence-corrected chi connectivity index (χ1v) is 7.76. The summed E-state index contributed by atoms with van der Waals surface area (Å²) >= 11 is 0. The van der Waals surface area contributed by atoms with Gasteiger partial charge in [0, 0.05) is 25.0 Å². The minimum atomic E-state index is -0.610. The fraction of sp³-hybridized carbons (Fsp3) is 0.529. The van der Waals surface area contributed by atoms with Gasteiger partial charge in [0.1, 0.15) is 11.4 Å². The van der Waals surface area contributed by atoms with Crippen molar-refractivity contribution in [2.45, 2.75) is 40.7 Å². The van der Waals surface area contributed by atoms with Gasteiger partial charge in [-0.1, -0.05) is 20.8 Å². The van der Waals surface area contributed by atoms with Crippen LogP contribution in [0.1, 0.15) is 42.5 Å². The van der Waals surface area contributed by atoms with Gasteiger partial charge >= 0.3 is 0 Å². The summed E-state index contributed by atoms with van der Waals surface area (Å²) in [7, 11) is 1.81. The van der Waals surface area contributed by atoms with Gasteiger partial charge in [0.25, 0.3) is 5.91 Å². The lowest BCUT2D eigenvalue weighted by atomic mass is 9.89. The molecule has 0 aliphatic heterocycles. The Labute approximate surface area is 137 Å². The van der Waals surface area contributed by atoms with E-state index >= 15 is 0 Å². The smallest absolute Gasteiger partial charge is 0.256 e. The third kappa shape index (κ3) is 3.47. The van der Waals surface area contributed by atoms with Gasteiger partial charge in [0.2, 0.25) is 0 Å². The van der Waals surface area contributed by atoms with Crippen molar-refractivity contribution in [3.8, 4) is 5.82 Å². The lowest BCUT2D eigenvalue weighted by molar-refractivity contribution is 0.0587. The molecule has 0 aliphatic rings. The van der Waals surface area contributed by atoms with Crippen molar-refractivity contribution in [1.29, 1.82) is 0 Å². The molecule has 0 aromatic carbocycles. The van der Waals surface area contributed by atoms with E-state index in [0.717, 1.165) is 17.2 Å². The first-order chi connectivity index (χ1) is 10.6. The quantitative estimate of drug-likeness (QED) is 0.905. The van der Waals surface area contributed by atoms with Gasteiger partial charge in [-0.15, -0.1) is 0 Å². The van der Waals surface area contributed by atoms with Crippen molar-refractivity contribution in [3.63, 3.8) is 0 Å². The summed E-state index contributed by atoms with van der Waals surface area (Å²) in [4.78, 5) is 12.5. The maximum Gasteiger partial charge on any atom is 0.256 e. The fourth-order valence-electron chi connectivity index (χ4n) is 2.45. The molecule has 0 saturated heterocycles. The fourth-order valence-corrected chi connectivity index (χ4v) is 2.45. The number of carbonyl (C=O) groups is 1. The molecule has 2 aromatic heterocycles. The van der Waals surface area contributed by atoms with Crippen LogP contribution in [-0.4, -0.2) is 38.0 Å². The van der Waals surface area contributed by atoms with Crippen LogP contribution in [0.25, 0.3) is 5.82 Å². The Kier molecular flexibility index (Phi) is 4.66. The highest BCUT2D eigenvalue weighted by molar-refractivity contribution is 5.97. The summed E-state index contributed by atoms with van der Waals surface area (Å²) in [6, 6.07) is 4.01. The Balaban J connectivity index is 2.27. The average Bonchev–Trinajstić information content (AvgIpc) is 2.98. The minimum absolute atomic E-state index is 0.209. The molecule has 0 radical (unpaired) electrons. The second-order valence-electron chi connectivity index (χ2n) is 7.05. The lowest BCUT2D eigenvalue weighted by Crippen LogP contribution is -2.39. The molecule has 0 aliphatic carbocycles. The number of carbonyl (C=O) groups excluding carboxylic acids is 1. The van der Waals surface area contributed by atoms with Crippen molar-refractivity contribution in [3.05, 3.63) is 35.3 Å². The Hall–Kier alpha value is -2.08. The van der Waals surface area contributed by atoms with Crippen LogP contribution >= 0.6 is 0 Å². The Morgan fingerprint density at radius 2 is 1.87 bits per heavy atom. The molecule has 23 heavy (non-hydrogen) atoms. The lowest BCUT2D eigenvalue weighted by Gasteiger charge is -2.25. The van der Waals surface area contributed by atoms with Gasteiger partial charge in [-0.05, 0) is 31.4 Å². The standard InChI is InChI=1S/C17H26N4O2/c1-11-7-8-12(2)21(11)16-13(9-19-20(16)6)15(23)18-10-14(22)17(3,4)5/h7-9,14,22H,10H2,1-6H3,(H,18,23). The molecule has 126 valence electrons. The van der Waals surface area contributed by atoms with Crippen molar-refractivity contribution in [2.24, 2.45) is 12.5 Å². The summed E-state index contributed by atoms with van der Waals surface area (Å²) in [5.74, 6) is 0.497. The van der Waals surface area contributed by atoms with Gasteiger partial charge in [-0.3, -0.25) is 9.48 Å². The summed E-state index contributed by atoms with van der Waals surface area (Å²) in [6.45, 7) is 10.00. The van der Waals surface area contributed by atoms with Gasteiger partial charge < -0.3 is 15.0 Å². The topological polar surface area (TPSA) is 72.1 Å². The molecule has 0 bridgehead atoms. The van der Waals surface area contributed by atoms with Crippen LogP contribution < -0.4 is 5.32 Å². The van der Waals surface area contributed by atoms with Crippen LogP contribution in [0.4, 0.5) is 0 Å². The number of hydrogen-bond acceptors (Lipinski definition) is 3. The number of aliphatic hydroxyl groups is 1. The van der Waals surface area contributed by atoms with E-state index in [1.54, 1.807) is 10.9 Å². The molecular weight excluding hydrogens is 292 g/mol. The molecule has 1 unspecified atom stereocenters. The highest BCUT2D eigenvalue weighted by Crippen LogP contribution is 2.21. The van der Waals surface area contributed by atoms with Crippen LogP contribution in [0, 0.1) is 19.3 Å². The number of rotatable bonds is 4. The minimum Gasteiger partial charge on any atom is -0.391 e. The molecule has 0 fully saturated rings. The molecule has 0 spiro atoms. The van der Waals surface area contributed by atoms with Crippen molar-refractivity contribution >= 4 is 5.91 Å². The van der Waals surface area contributed by atoms with Crippen molar-refractivity contribution < 1.29 is 9.90 Å². The molecule has 1 amide bonds. The van der Waals surface area contributed by atoms with E-state index in [9.17, 15) is 9.90 Å². The Bertz CT molecular complexity index is 687. The predicted octanol–water partition coefficient (Wildman–Crippen LogP) is 1.96. The molecule has 2 aromatic rings. The zero-order valence-electron chi connectivity index (χ0n) is 14.7. The van der Waals surface area contributed by atoms with E-state index < -0.39 is 6.10 Å². The molecule has 2 rings (SSSR count). The zero-order chi connectivity index (χ0) is 17.4. The summed E-state index contributed by atoms with van der Waals surface area (Å²) in [5.41, 5.74) is 2.29. The first kappa shape index (κ1) is 17.3. The first-order valence-electron chi connectivity index (χ1n) is 7.76. The van der Waals surface area contributed by atoms with E-state index in [4.69, 9.17) is 0 Å². The van der Waals surface area contributed by atoms with Crippen LogP contribution in [0.3, 0.4) is 0 Å². The number of aromatic nitrogens is 3. The monoisotopic (exact) mass is 318 g/mol. The van der Waals surface area contributed by atoms with Crippen molar-refractivity contribution in [2.75, 3.05) is 6.54 Å². The maximum absolute atomic E-state index is 12.5. The van der Waals surface area contributed by atoms with Crippen LogP contribution in [-0.2, 0) is 7.05 Å². The second-order valence-corrected chi connectivity index (χ2v) is 7.05. The van der Waals surface area contributed by atoms with E-state index in [1.807, 2.05) is 58.4 Å². The highest BCUT2D eigenvalue weighted by Gasteiger charge is 2.24. The third-order valence-corrected chi connectivity index (χ3v) is 4.09. The highest BCUT2D eigenvalue weighted by atomic mass is 16.3.